The Morgan fingerprint density at radius 3 is 2.11 bits per heavy atom. The van der Waals surface area contributed by atoms with Crippen LogP contribution < -0.4 is 0 Å². The largest absolute Gasteiger partial charge is 0.302 e. The number of rotatable bonds is 3. The predicted molar refractivity (Wildman–Crippen MR) is 78.3 cm³/mol. The second-order valence-corrected chi connectivity index (χ2v) is 4.63. The van der Waals surface area contributed by atoms with Gasteiger partial charge in [-0.2, -0.15) is 0 Å². The van der Waals surface area contributed by atoms with E-state index in [0.717, 1.165) is 17.4 Å². The summed E-state index contributed by atoms with van der Waals surface area (Å²) in [5.41, 5.74) is 2.08. The first-order valence-electron chi connectivity index (χ1n) is 6.37. The van der Waals surface area contributed by atoms with E-state index in [1.165, 1.54) is 10.8 Å². The Labute approximate surface area is 112 Å². The lowest BCUT2D eigenvalue weighted by atomic mass is 9.91. The van der Waals surface area contributed by atoms with E-state index >= 15 is 0 Å². The van der Waals surface area contributed by atoms with Crippen LogP contribution in [0, 0.1) is 0 Å². The molecule has 0 spiro atoms. The first-order chi connectivity index (χ1) is 9.38. The minimum absolute atomic E-state index is 0.189. The van der Waals surface area contributed by atoms with Crippen molar-refractivity contribution in [2.45, 2.75) is 5.92 Å². The van der Waals surface area contributed by atoms with Gasteiger partial charge in [-0.25, -0.2) is 0 Å². The first-order valence-corrected chi connectivity index (χ1v) is 6.37. The third kappa shape index (κ3) is 2.27. The zero-order valence-corrected chi connectivity index (χ0v) is 10.5. The van der Waals surface area contributed by atoms with Gasteiger partial charge in [0.25, 0.3) is 0 Å². The summed E-state index contributed by atoms with van der Waals surface area (Å²) in [5.74, 6) is -0.189. The van der Waals surface area contributed by atoms with E-state index in [1.807, 2.05) is 48.5 Å². The maximum Gasteiger partial charge on any atom is 0.131 e. The SMILES string of the molecule is O=CC(c1ccccc1)c1ccc2ccccc2c1. The molecular weight excluding hydrogens is 232 g/mol. The highest BCUT2D eigenvalue weighted by atomic mass is 16.1. The van der Waals surface area contributed by atoms with Crippen LogP contribution in [-0.4, -0.2) is 6.29 Å². The van der Waals surface area contributed by atoms with Crippen molar-refractivity contribution in [2.24, 2.45) is 0 Å². The van der Waals surface area contributed by atoms with Crippen LogP contribution in [0.15, 0.2) is 72.8 Å². The molecule has 0 fully saturated rings. The summed E-state index contributed by atoms with van der Waals surface area (Å²) >= 11 is 0. The molecule has 1 atom stereocenters. The molecule has 0 saturated heterocycles. The molecule has 0 N–H and O–H groups in total. The van der Waals surface area contributed by atoms with E-state index in [2.05, 4.69) is 24.3 Å². The van der Waals surface area contributed by atoms with Gasteiger partial charge in [-0.3, -0.25) is 0 Å². The van der Waals surface area contributed by atoms with E-state index in [4.69, 9.17) is 0 Å². The molecule has 0 saturated carbocycles. The fourth-order valence-electron chi connectivity index (χ4n) is 2.41. The Hall–Kier alpha value is -2.41. The van der Waals surface area contributed by atoms with Crippen molar-refractivity contribution >= 4 is 17.1 Å². The number of aldehydes is 1. The van der Waals surface area contributed by atoms with Crippen LogP contribution in [0.4, 0.5) is 0 Å². The number of carbonyl (C=O) groups is 1. The summed E-state index contributed by atoms with van der Waals surface area (Å²) < 4.78 is 0. The Bertz CT molecular complexity index is 701. The van der Waals surface area contributed by atoms with Gasteiger partial charge in [-0.15, -0.1) is 0 Å². The van der Waals surface area contributed by atoms with Crippen LogP contribution in [0.25, 0.3) is 10.8 Å². The van der Waals surface area contributed by atoms with E-state index in [-0.39, 0.29) is 5.92 Å². The van der Waals surface area contributed by atoms with Crippen LogP contribution in [0.1, 0.15) is 17.0 Å². The third-order valence-electron chi connectivity index (χ3n) is 3.43. The van der Waals surface area contributed by atoms with Gasteiger partial charge >= 0.3 is 0 Å². The summed E-state index contributed by atoms with van der Waals surface area (Å²) in [5, 5.41) is 2.37. The number of hydrogen-bond donors (Lipinski definition) is 0. The highest BCUT2D eigenvalue weighted by Gasteiger charge is 2.12. The van der Waals surface area contributed by atoms with Gasteiger partial charge in [0.2, 0.25) is 0 Å². The zero-order valence-electron chi connectivity index (χ0n) is 10.5. The molecule has 1 heteroatoms. The van der Waals surface area contributed by atoms with Gasteiger partial charge in [0, 0.05) is 0 Å². The van der Waals surface area contributed by atoms with Gasteiger partial charge < -0.3 is 4.79 Å². The maximum absolute atomic E-state index is 11.4. The Kier molecular flexibility index (Phi) is 3.11. The number of carbonyl (C=O) groups excluding carboxylic acids is 1. The zero-order chi connectivity index (χ0) is 13.1. The number of benzene rings is 3. The van der Waals surface area contributed by atoms with Crippen molar-refractivity contribution in [3.05, 3.63) is 83.9 Å². The lowest BCUT2D eigenvalue weighted by Crippen LogP contribution is -2.02. The second-order valence-electron chi connectivity index (χ2n) is 4.63. The molecule has 0 aliphatic rings. The maximum atomic E-state index is 11.4. The summed E-state index contributed by atoms with van der Waals surface area (Å²) in [6.07, 6.45) is 1.01. The van der Waals surface area contributed by atoms with Gasteiger partial charge in [0.05, 0.1) is 5.92 Å². The van der Waals surface area contributed by atoms with Crippen molar-refractivity contribution in [1.29, 1.82) is 0 Å². The van der Waals surface area contributed by atoms with Crippen LogP contribution in [0.5, 0.6) is 0 Å². The quantitative estimate of drug-likeness (QED) is 0.634. The van der Waals surface area contributed by atoms with Gasteiger partial charge in [-0.05, 0) is 21.9 Å². The molecule has 3 rings (SSSR count). The van der Waals surface area contributed by atoms with Gasteiger partial charge in [0.15, 0.2) is 0 Å². The number of hydrogen-bond acceptors (Lipinski definition) is 1. The molecule has 1 nitrogen and oxygen atoms in total. The fraction of sp³-hybridized carbons (Fsp3) is 0.0556. The molecule has 0 amide bonds. The molecule has 0 bridgehead atoms. The third-order valence-corrected chi connectivity index (χ3v) is 3.43. The standard InChI is InChI=1S/C18H14O/c19-13-18(15-7-2-1-3-8-15)17-11-10-14-6-4-5-9-16(14)12-17/h1-13,18H. The molecular formula is C18H14O. The summed E-state index contributed by atoms with van der Waals surface area (Å²) in [6, 6.07) is 24.3. The highest BCUT2D eigenvalue weighted by molar-refractivity contribution is 5.84. The van der Waals surface area contributed by atoms with Crippen molar-refractivity contribution in [3.8, 4) is 0 Å². The molecule has 0 aliphatic heterocycles. The lowest BCUT2D eigenvalue weighted by molar-refractivity contribution is -0.108. The molecule has 0 radical (unpaired) electrons. The van der Waals surface area contributed by atoms with E-state index in [9.17, 15) is 4.79 Å². The van der Waals surface area contributed by atoms with Crippen LogP contribution in [0.2, 0.25) is 0 Å². The van der Waals surface area contributed by atoms with Crippen LogP contribution in [-0.2, 0) is 4.79 Å². The topological polar surface area (TPSA) is 17.1 Å². The van der Waals surface area contributed by atoms with E-state index in [0.29, 0.717) is 0 Å². The molecule has 92 valence electrons. The van der Waals surface area contributed by atoms with Crippen molar-refractivity contribution < 1.29 is 4.79 Å². The molecule has 0 aromatic heterocycles. The molecule has 0 aliphatic carbocycles. The second kappa shape index (κ2) is 5.07. The molecule has 1 unspecified atom stereocenters. The van der Waals surface area contributed by atoms with Gasteiger partial charge in [0.1, 0.15) is 6.29 Å². The smallest absolute Gasteiger partial charge is 0.131 e. The molecule has 3 aromatic carbocycles. The predicted octanol–water partition coefficient (Wildman–Crippen LogP) is 4.17. The summed E-state index contributed by atoms with van der Waals surface area (Å²) in [7, 11) is 0. The lowest BCUT2D eigenvalue weighted by Gasteiger charge is -2.12. The average Bonchev–Trinajstić information content (AvgIpc) is 2.49. The minimum atomic E-state index is -0.189. The van der Waals surface area contributed by atoms with Crippen LogP contribution >= 0.6 is 0 Å². The summed E-state index contributed by atoms with van der Waals surface area (Å²) in [6.45, 7) is 0. The summed E-state index contributed by atoms with van der Waals surface area (Å²) in [4.78, 5) is 11.4. The number of fused-ring (bicyclic) bond motifs is 1. The highest BCUT2D eigenvalue weighted by Crippen LogP contribution is 2.25. The van der Waals surface area contributed by atoms with Gasteiger partial charge in [-0.1, -0.05) is 72.8 Å². The minimum Gasteiger partial charge on any atom is -0.302 e. The van der Waals surface area contributed by atoms with Crippen molar-refractivity contribution in [2.75, 3.05) is 0 Å². The van der Waals surface area contributed by atoms with E-state index in [1.54, 1.807) is 0 Å². The Balaban J connectivity index is 2.09. The Morgan fingerprint density at radius 1 is 0.684 bits per heavy atom. The van der Waals surface area contributed by atoms with Crippen molar-refractivity contribution in [3.63, 3.8) is 0 Å². The normalized spacial score (nSPS) is 12.2. The molecule has 0 heterocycles. The van der Waals surface area contributed by atoms with Crippen molar-refractivity contribution in [1.82, 2.24) is 0 Å². The van der Waals surface area contributed by atoms with E-state index < -0.39 is 0 Å². The first kappa shape index (κ1) is 11.7. The molecule has 3 aromatic rings. The average molecular weight is 246 g/mol. The molecule has 19 heavy (non-hydrogen) atoms. The fourth-order valence-corrected chi connectivity index (χ4v) is 2.41. The monoisotopic (exact) mass is 246 g/mol. The van der Waals surface area contributed by atoms with Crippen LogP contribution in [0.3, 0.4) is 0 Å². The Morgan fingerprint density at radius 2 is 1.37 bits per heavy atom.